The molecule has 0 saturated carbocycles. The maximum atomic E-state index is 12.6. The highest BCUT2D eigenvalue weighted by atomic mass is 35.5. The van der Waals surface area contributed by atoms with Crippen LogP contribution in [0.25, 0.3) is 0 Å². The van der Waals surface area contributed by atoms with E-state index in [4.69, 9.17) is 15.9 Å². The van der Waals surface area contributed by atoms with Crippen LogP contribution < -0.4 is 16.0 Å². The second-order valence-electron chi connectivity index (χ2n) is 6.73. The Balaban J connectivity index is 0.00000280. The molecular weight excluding hydrogens is 376 g/mol. The molecule has 1 amide bonds. The van der Waals surface area contributed by atoms with Crippen molar-refractivity contribution in [1.29, 1.82) is 5.41 Å². The van der Waals surface area contributed by atoms with Gasteiger partial charge in [0.25, 0.3) is 5.91 Å². The Morgan fingerprint density at radius 1 is 1.14 bits per heavy atom. The second-order valence-corrected chi connectivity index (χ2v) is 6.73. The first kappa shape index (κ1) is 21.7. The van der Waals surface area contributed by atoms with E-state index < -0.39 is 6.10 Å². The molecule has 6 nitrogen and oxygen atoms in total. The third-order valence-corrected chi connectivity index (χ3v) is 4.87. The molecule has 0 aromatic heterocycles. The average Bonchev–Trinajstić information content (AvgIpc) is 3.22. The fourth-order valence-electron chi connectivity index (χ4n) is 3.31. The number of nitrogens with zero attached hydrogens (tertiary/aromatic N) is 1. The first-order valence-corrected chi connectivity index (χ1v) is 9.17. The van der Waals surface area contributed by atoms with Gasteiger partial charge in [0.2, 0.25) is 0 Å². The first-order chi connectivity index (χ1) is 13.1. The molecule has 7 heteroatoms. The van der Waals surface area contributed by atoms with Crippen LogP contribution in [0.1, 0.15) is 35.6 Å². The van der Waals surface area contributed by atoms with Crippen molar-refractivity contribution in [2.24, 2.45) is 5.73 Å². The molecule has 1 aliphatic rings. The summed E-state index contributed by atoms with van der Waals surface area (Å²) in [4.78, 5) is 14.9. The number of nitrogen functional groups attached to an aromatic ring is 1. The maximum absolute atomic E-state index is 12.6. The van der Waals surface area contributed by atoms with Crippen LogP contribution in [0.5, 0.6) is 0 Å². The Labute approximate surface area is 172 Å². The predicted octanol–water partition coefficient (Wildman–Crippen LogP) is 3.00. The first-order valence-electron chi connectivity index (χ1n) is 9.17. The van der Waals surface area contributed by atoms with Crippen molar-refractivity contribution < 1.29 is 9.53 Å². The Hall–Kier alpha value is -2.57. The van der Waals surface area contributed by atoms with Crippen LogP contribution in [-0.4, -0.2) is 31.9 Å². The maximum Gasteiger partial charge on any atom is 0.254 e. The van der Waals surface area contributed by atoms with Gasteiger partial charge in [0.05, 0.1) is 0 Å². The summed E-state index contributed by atoms with van der Waals surface area (Å²) in [6.07, 6.45) is 1.82. The van der Waals surface area contributed by atoms with Crippen molar-refractivity contribution in [2.75, 3.05) is 25.1 Å². The molecule has 2 aromatic carbocycles. The molecule has 0 unspecified atom stereocenters. The fraction of sp³-hybridized carbons (Fsp3) is 0.333. The molecule has 1 fully saturated rings. The van der Waals surface area contributed by atoms with Crippen LogP contribution in [0.3, 0.4) is 0 Å². The number of methoxy groups -OCH3 is 1. The lowest BCUT2D eigenvalue weighted by Gasteiger charge is -2.20. The summed E-state index contributed by atoms with van der Waals surface area (Å²) in [6, 6.07) is 15.3. The Morgan fingerprint density at radius 2 is 1.75 bits per heavy atom. The number of nitrogens with two attached hydrogens (primary N) is 1. The van der Waals surface area contributed by atoms with Gasteiger partial charge in [-0.1, -0.05) is 36.4 Å². The number of ether oxygens (including phenoxy) is 1. The van der Waals surface area contributed by atoms with Gasteiger partial charge in [0.1, 0.15) is 5.84 Å². The predicted molar refractivity (Wildman–Crippen MR) is 114 cm³/mol. The summed E-state index contributed by atoms with van der Waals surface area (Å²) < 4.78 is 5.43. The van der Waals surface area contributed by atoms with Crippen LogP contribution >= 0.6 is 12.4 Å². The number of hydrogen-bond acceptors (Lipinski definition) is 4. The van der Waals surface area contributed by atoms with Crippen molar-refractivity contribution in [3.8, 4) is 0 Å². The minimum Gasteiger partial charge on any atom is -0.384 e. The molecular formula is C21H27ClN4O2. The molecule has 3 rings (SSSR count). The van der Waals surface area contributed by atoms with Crippen molar-refractivity contribution in [1.82, 2.24) is 5.32 Å². The molecule has 0 aliphatic carbocycles. The van der Waals surface area contributed by atoms with Crippen molar-refractivity contribution in [3.05, 3.63) is 65.2 Å². The highest BCUT2D eigenvalue weighted by Gasteiger charge is 2.20. The Bertz CT molecular complexity index is 787. The summed E-state index contributed by atoms with van der Waals surface area (Å²) in [5.41, 5.74) is 9.08. The van der Waals surface area contributed by atoms with Gasteiger partial charge in [-0.05, 0) is 36.1 Å². The molecule has 4 N–H and O–H groups in total. The normalized spacial score (nSPS) is 14.2. The van der Waals surface area contributed by atoms with Crippen LogP contribution in [0.4, 0.5) is 5.69 Å². The van der Waals surface area contributed by atoms with Gasteiger partial charge in [-0.3, -0.25) is 10.2 Å². The number of halogens is 1. The average molecular weight is 403 g/mol. The lowest BCUT2D eigenvalue weighted by Crippen LogP contribution is -2.30. The summed E-state index contributed by atoms with van der Waals surface area (Å²) in [5, 5.41) is 10.3. The Kier molecular flexibility index (Phi) is 7.84. The van der Waals surface area contributed by atoms with Gasteiger partial charge >= 0.3 is 0 Å². The quantitative estimate of drug-likeness (QED) is 0.490. The van der Waals surface area contributed by atoms with E-state index in [2.05, 4.69) is 22.3 Å². The third-order valence-electron chi connectivity index (χ3n) is 4.87. The van der Waals surface area contributed by atoms with Gasteiger partial charge in [0, 0.05) is 38.0 Å². The molecule has 2 aromatic rings. The third kappa shape index (κ3) is 5.24. The molecule has 1 atom stereocenters. The zero-order valence-electron chi connectivity index (χ0n) is 16.0. The Morgan fingerprint density at radius 3 is 2.29 bits per heavy atom. The van der Waals surface area contributed by atoms with Crippen LogP contribution in [0, 0.1) is 5.41 Å². The molecule has 1 saturated heterocycles. The molecule has 28 heavy (non-hydrogen) atoms. The molecule has 0 radical (unpaired) electrons. The van der Waals surface area contributed by atoms with Gasteiger partial charge < -0.3 is 20.7 Å². The van der Waals surface area contributed by atoms with Crippen LogP contribution in [0.2, 0.25) is 0 Å². The number of amides is 1. The lowest BCUT2D eigenvalue weighted by molar-refractivity contribution is -0.131. The van der Waals surface area contributed by atoms with Gasteiger partial charge in [-0.2, -0.15) is 0 Å². The molecule has 150 valence electrons. The fourth-order valence-corrected chi connectivity index (χ4v) is 3.31. The number of anilines is 1. The summed E-state index contributed by atoms with van der Waals surface area (Å²) >= 11 is 0. The zero-order valence-corrected chi connectivity index (χ0v) is 16.8. The minimum absolute atomic E-state index is 0. The number of benzene rings is 2. The van der Waals surface area contributed by atoms with Crippen LogP contribution in [0.15, 0.2) is 48.5 Å². The minimum atomic E-state index is -0.644. The largest absolute Gasteiger partial charge is 0.384 e. The summed E-state index contributed by atoms with van der Waals surface area (Å²) in [7, 11) is 1.54. The number of carbonyl (C=O) groups is 1. The highest BCUT2D eigenvalue weighted by molar-refractivity contribution is 5.94. The number of carbonyl (C=O) groups excluding carboxylic acids is 1. The number of hydrogen-bond donors (Lipinski definition) is 3. The van der Waals surface area contributed by atoms with Gasteiger partial charge in [0.15, 0.2) is 6.10 Å². The topological polar surface area (TPSA) is 91.4 Å². The summed E-state index contributed by atoms with van der Waals surface area (Å²) in [6.45, 7) is 2.58. The van der Waals surface area contributed by atoms with E-state index in [1.807, 2.05) is 24.3 Å². The SMILES string of the molecule is CO[C@H](C(=O)NCc1ccc(C(=N)N)cc1)c1ccc(N2CCCC2)cc1.Cl. The molecule has 1 aliphatic heterocycles. The smallest absolute Gasteiger partial charge is 0.254 e. The van der Waals surface area contributed by atoms with Gasteiger partial charge in [-0.25, -0.2) is 0 Å². The second kappa shape index (κ2) is 10.1. The van der Waals surface area contributed by atoms with E-state index in [9.17, 15) is 4.79 Å². The van der Waals surface area contributed by atoms with Crippen molar-refractivity contribution in [3.63, 3.8) is 0 Å². The monoisotopic (exact) mass is 402 g/mol. The number of nitrogens with one attached hydrogen (secondary N) is 2. The van der Waals surface area contributed by atoms with E-state index in [0.717, 1.165) is 24.2 Å². The highest BCUT2D eigenvalue weighted by Crippen LogP contribution is 2.24. The van der Waals surface area contributed by atoms with E-state index in [-0.39, 0.29) is 24.1 Å². The zero-order chi connectivity index (χ0) is 19.2. The number of amidine groups is 1. The van der Waals surface area contributed by atoms with E-state index in [0.29, 0.717) is 12.1 Å². The van der Waals surface area contributed by atoms with Crippen LogP contribution in [-0.2, 0) is 16.1 Å². The standard InChI is InChI=1S/C21H26N4O2.ClH/c1-27-19(16-8-10-18(11-9-16)25-12-2-3-13-25)21(26)24-14-15-4-6-17(7-5-15)20(22)23;/h4-11,19H,2-3,12-14H2,1H3,(H3,22,23)(H,24,26);1H/t19-;/m0./s1. The molecule has 0 spiro atoms. The van der Waals surface area contributed by atoms with Crippen molar-refractivity contribution >= 4 is 29.8 Å². The number of rotatable bonds is 7. The lowest BCUT2D eigenvalue weighted by atomic mass is 10.1. The summed E-state index contributed by atoms with van der Waals surface area (Å²) in [5.74, 6) is -0.149. The van der Waals surface area contributed by atoms with E-state index in [1.54, 1.807) is 19.2 Å². The van der Waals surface area contributed by atoms with E-state index in [1.165, 1.54) is 18.5 Å². The molecule has 1 heterocycles. The van der Waals surface area contributed by atoms with Gasteiger partial charge in [-0.15, -0.1) is 12.4 Å². The van der Waals surface area contributed by atoms with Crippen molar-refractivity contribution in [2.45, 2.75) is 25.5 Å². The molecule has 0 bridgehead atoms. The van der Waals surface area contributed by atoms with E-state index >= 15 is 0 Å².